The van der Waals surface area contributed by atoms with Gasteiger partial charge in [-0.15, -0.1) is 0 Å². The molecule has 2 nitrogen and oxygen atoms in total. The van der Waals surface area contributed by atoms with Crippen molar-refractivity contribution in [3.05, 3.63) is 22.7 Å². The van der Waals surface area contributed by atoms with E-state index in [0.29, 0.717) is 35.8 Å². The highest BCUT2D eigenvalue weighted by atomic mass is 19.1. The maximum atomic E-state index is 14.2. The van der Waals surface area contributed by atoms with E-state index in [9.17, 15) is 9.18 Å². The number of ketones is 1. The molecule has 6 atom stereocenters. The molecular weight excluding hydrogens is 313 g/mol. The zero-order valence-electron chi connectivity index (χ0n) is 16.1. The second-order valence-corrected chi connectivity index (χ2v) is 9.71. The van der Waals surface area contributed by atoms with Crippen molar-refractivity contribution in [3.63, 3.8) is 0 Å². The molecule has 3 fully saturated rings. The summed E-state index contributed by atoms with van der Waals surface area (Å²) in [7, 11) is 0. The number of hydrogen-bond acceptors (Lipinski definition) is 2. The first kappa shape index (κ1) is 17.3. The minimum atomic E-state index is 0.0435. The molecule has 3 heteroatoms. The Morgan fingerprint density at radius 2 is 1.80 bits per heavy atom. The fourth-order valence-corrected chi connectivity index (χ4v) is 7.46. The molecule has 25 heavy (non-hydrogen) atoms. The number of carbonyl (C=O) groups excluding carboxylic acids is 1. The predicted octanol–water partition coefficient (Wildman–Crippen LogP) is 5.29. The Morgan fingerprint density at radius 1 is 1.12 bits per heavy atom. The monoisotopic (exact) mass is 345 g/mol. The lowest BCUT2D eigenvalue weighted by Gasteiger charge is -2.59. The van der Waals surface area contributed by atoms with Gasteiger partial charge in [0.1, 0.15) is 0 Å². The van der Waals surface area contributed by atoms with Gasteiger partial charge >= 0.3 is 0 Å². The van der Waals surface area contributed by atoms with Crippen LogP contribution in [0.25, 0.3) is 0 Å². The topological polar surface area (TPSA) is 43.1 Å². The van der Waals surface area contributed by atoms with Crippen molar-refractivity contribution in [2.24, 2.45) is 40.2 Å². The minimum Gasteiger partial charge on any atom is -0.396 e. The van der Waals surface area contributed by atoms with E-state index in [4.69, 9.17) is 5.73 Å². The molecule has 0 aromatic carbocycles. The van der Waals surface area contributed by atoms with Crippen molar-refractivity contribution in [3.8, 4) is 0 Å². The third kappa shape index (κ3) is 2.16. The van der Waals surface area contributed by atoms with E-state index in [1.165, 1.54) is 5.57 Å². The molecule has 0 amide bonds. The van der Waals surface area contributed by atoms with Crippen molar-refractivity contribution in [2.75, 3.05) is 0 Å². The highest BCUT2D eigenvalue weighted by molar-refractivity contribution is 5.96. The third-order valence-corrected chi connectivity index (χ3v) is 8.72. The Bertz CT molecular complexity index is 688. The van der Waals surface area contributed by atoms with Crippen LogP contribution >= 0.6 is 0 Å². The number of halogens is 1. The maximum Gasteiger partial charge on any atom is 0.178 e. The molecule has 3 saturated carbocycles. The number of allylic oxidation sites excluding steroid dienone is 3. The molecule has 138 valence electrons. The van der Waals surface area contributed by atoms with Gasteiger partial charge in [-0.25, -0.2) is 4.39 Å². The van der Waals surface area contributed by atoms with Gasteiger partial charge in [-0.3, -0.25) is 4.79 Å². The summed E-state index contributed by atoms with van der Waals surface area (Å²) >= 11 is 0. The Balaban J connectivity index is 1.77. The molecule has 2 N–H and O–H groups in total. The average Bonchev–Trinajstić information content (AvgIpc) is 2.91. The van der Waals surface area contributed by atoms with Crippen LogP contribution in [0.1, 0.15) is 72.6 Å². The van der Waals surface area contributed by atoms with Crippen molar-refractivity contribution in [1.29, 1.82) is 0 Å². The smallest absolute Gasteiger partial charge is 0.178 e. The summed E-state index contributed by atoms with van der Waals surface area (Å²) in [6.07, 6.45) is 6.78. The van der Waals surface area contributed by atoms with Crippen LogP contribution in [0.3, 0.4) is 0 Å². The van der Waals surface area contributed by atoms with Gasteiger partial charge in [-0.1, -0.05) is 20.8 Å². The lowest BCUT2D eigenvalue weighted by Crippen LogP contribution is -2.53. The summed E-state index contributed by atoms with van der Waals surface area (Å²) in [6, 6.07) is 0. The molecule has 0 aromatic heterocycles. The first-order valence-electron chi connectivity index (χ1n) is 10.1. The van der Waals surface area contributed by atoms with Crippen LogP contribution in [-0.4, -0.2) is 5.78 Å². The Kier molecular flexibility index (Phi) is 3.76. The quantitative estimate of drug-likeness (QED) is 0.648. The fourth-order valence-electron chi connectivity index (χ4n) is 7.46. The number of Topliss-reactive ketones (excluding diaryl/α,β-unsaturated/α-hetero) is 1. The Hall–Kier alpha value is -1.12. The molecular formula is C22H32FNO. The van der Waals surface area contributed by atoms with Crippen molar-refractivity contribution in [2.45, 2.75) is 72.6 Å². The SMILES string of the molecule is CC(F)=C1CC[C@H]2[C@@H]3[C@H](C)CC4=C(N)C(=O)CC[C@]4(C)[C@H]3CC[C@]12C. The number of nitrogens with two attached hydrogens (primary N) is 1. The molecule has 0 spiro atoms. The first-order chi connectivity index (χ1) is 11.7. The Morgan fingerprint density at radius 3 is 2.48 bits per heavy atom. The lowest BCUT2D eigenvalue weighted by molar-refractivity contribution is -0.119. The van der Waals surface area contributed by atoms with Crippen LogP contribution in [0, 0.1) is 34.5 Å². The summed E-state index contributed by atoms with van der Waals surface area (Å²) in [6.45, 7) is 8.67. The Labute approximate surface area is 151 Å². The first-order valence-corrected chi connectivity index (χ1v) is 10.1. The van der Waals surface area contributed by atoms with Crippen molar-refractivity contribution >= 4 is 5.78 Å². The van der Waals surface area contributed by atoms with E-state index in [1.807, 2.05) is 0 Å². The zero-order chi connectivity index (χ0) is 18.1. The summed E-state index contributed by atoms with van der Waals surface area (Å²) in [5.74, 6) is 2.55. The van der Waals surface area contributed by atoms with E-state index < -0.39 is 0 Å². The molecule has 0 radical (unpaired) electrons. The summed E-state index contributed by atoms with van der Waals surface area (Å²) in [5.41, 5.74) is 9.30. The number of hydrogen-bond donors (Lipinski definition) is 1. The number of carbonyl (C=O) groups is 1. The molecule has 0 aliphatic heterocycles. The van der Waals surface area contributed by atoms with Crippen LogP contribution < -0.4 is 5.73 Å². The standard InChI is InChI=1S/C22H32FNO/c1-12-11-17-20(24)18(25)8-10-22(17,4)16-7-9-21(3)14(13(2)23)5-6-15(21)19(12)16/h12,15-16,19H,5-11,24H2,1-4H3/t12-,15+,16+,19+,21-,22-/m1/s1. The van der Waals surface area contributed by atoms with E-state index in [1.54, 1.807) is 6.92 Å². The van der Waals surface area contributed by atoms with Crippen molar-refractivity contribution in [1.82, 2.24) is 0 Å². The second-order valence-electron chi connectivity index (χ2n) is 9.71. The highest BCUT2D eigenvalue weighted by Gasteiger charge is 2.60. The third-order valence-electron chi connectivity index (χ3n) is 8.72. The summed E-state index contributed by atoms with van der Waals surface area (Å²) in [4.78, 5) is 12.2. The molecule has 0 bridgehead atoms. The maximum absolute atomic E-state index is 14.2. The van der Waals surface area contributed by atoms with Crippen LogP contribution in [0.4, 0.5) is 4.39 Å². The van der Waals surface area contributed by atoms with Gasteiger partial charge in [0, 0.05) is 6.42 Å². The minimum absolute atomic E-state index is 0.0435. The highest BCUT2D eigenvalue weighted by Crippen LogP contribution is 2.68. The number of fused-ring (bicyclic) bond motifs is 5. The van der Waals surface area contributed by atoms with Crippen molar-refractivity contribution < 1.29 is 9.18 Å². The van der Waals surface area contributed by atoms with Gasteiger partial charge in [-0.05, 0) is 91.1 Å². The average molecular weight is 346 g/mol. The van der Waals surface area contributed by atoms with Gasteiger partial charge in [0.05, 0.1) is 11.5 Å². The van der Waals surface area contributed by atoms with Gasteiger partial charge in [0.15, 0.2) is 5.78 Å². The molecule has 4 aliphatic carbocycles. The van der Waals surface area contributed by atoms with Gasteiger partial charge in [0.25, 0.3) is 0 Å². The summed E-state index contributed by atoms with van der Waals surface area (Å²) in [5, 5.41) is 0. The fraction of sp³-hybridized carbons (Fsp3) is 0.773. The molecule has 0 aromatic rings. The predicted molar refractivity (Wildman–Crippen MR) is 98.2 cm³/mol. The van der Waals surface area contributed by atoms with E-state index in [0.717, 1.165) is 44.1 Å². The van der Waals surface area contributed by atoms with E-state index >= 15 is 0 Å². The zero-order valence-corrected chi connectivity index (χ0v) is 16.1. The second kappa shape index (κ2) is 5.44. The molecule has 4 aliphatic rings. The molecule has 0 saturated heterocycles. The normalized spacial score (nSPS) is 48.8. The van der Waals surface area contributed by atoms with Gasteiger partial charge in [0.2, 0.25) is 0 Å². The lowest BCUT2D eigenvalue weighted by atomic mass is 9.45. The van der Waals surface area contributed by atoms with Crippen LogP contribution in [0.2, 0.25) is 0 Å². The largest absolute Gasteiger partial charge is 0.396 e. The summed E-state index contributed by atoms with van der Waals surface area (Å²) < 4.78 is 14.2. The number of rotatable bonds is 0. The van der Waals surface area contributed by atoms with Crippen LogP contribution in [0.15, 0.2) is 22.7 Å². The molecule has 0 heterocycles. The van der Waals surface area contributed by atoms with Gasteiger partial charge in [-0.2, -0.15) is 0 Å². The van der Waals surface area contributed by atoms with Gasteiger partial charge < -0.3 is 5.73 Å². The van der Waals surface area contributed by atoms with Crippen LogP contribution in [-0.2, 0) is 4.79 Å². The van der Waals surface area contributed by atoms with E-state index in [2.05, 4.69) is 20.8 Å². The molecule has 0 unspecified atom stereocenters. The van der Waals surface area contributed by atoms with Crippen LogP contribution in [0.5, 0.6) is 0 Å². The van der Waals surface area contributed by atoms with E-state index in [-0.39, 0.29) is 22.4 Å². The molecule has 4 rings (SSSR count).